The SMILES string of the molecule is COc1ccc(OC(C)C(=O)Nc2ccc(Br)c(C)c2)cc1. The number of methoxy groups -OCH3 is 1. The van der Waals surface area contributed by atoms with Crippen LogP contribution in [0.25, 0.3) is 0 Å². The molecule has 0 bridgehead atoms. The van der Waals surface area contributed by atoms with Gasteiger partial charge in [0, 0.05) is 10.2 Å². The number of anilines is 1. The van der Waals surface area contributed by atoms with E-state index in [-0.39, 0.29) is 5.91 Å². The molecular weight excluding hydrogens is 346 g/mol. The first-order valence-electron chi connectivity index (χ1n) is 6.87. The van der Waals surface area contributed by atoms with Crippen LogP contribution in [0.15, 0.2) is 46.9 Å². The Morgan fingerprint density at radius 1 is 1.14 bits per heavy atom. The summed E-state index contributed by atoms with van der Waals surface area (Å²) in [5, 5.41) is 2.84. The molecule has 0 radical (unpaired) electrons. The summed E-state index contributed by atoms with van der Waals surface area (Å²) in [6.07, 6.45) is -0.600. The maximum Gasteiger partial charge on any atom is 0.265 e. The second-order valence-corrected chi connectivity index (χ2v) is 5.74. The van der Waals surface area contributed by atoms with Crippen LogP contribution in [0.2, 0.25) is 0 Å². The highest BCUT2D eigenvalue weighted by molar-refractivity contribution is 9.10. The summed E-state index contributed by atoms with van der Waals surface area (Å²) in [5.41, 5.74) is 1.80. The van der Waals surface area contributed by atoms with E-state index in [1.807, 2.05) is 25.1 Å². The maximum absolute atomic E-state index is 12.2. The average molecular weight is 364 g/mol. The fraction of sp³-hybridized carbons (Fsp3) is 0.235. The molecule has 0 heterocycles. The summed E-state index contributed by atoms with van der Waals surface area (Å²) >= 11 is 3.43. The summed E-state index contributed by atoms with van der Waals surface area (Å²) in [5.74, 6) is 1.17. The number of rotatable bonds is 5. The topological polar surface area (TPSA) is 47.6 Å². The van der Waals surface area contributed by atoms with Crippen LogP contribution in [0.5, 0.6) is 11.5 Å². The van der Waals surface area contributed by atoms with Crippen molar-refractivity contribution in [2.75, 3.05) is 12.4 Å². The van der Waals surface area contributed by atoms with Crippen LogP contribution < -0.4 is 14.8 Å². The lowest BCUT2D eigenvalue weighted by molar-refractivity contribution is -0.122. The molecule has 5 heteroatoms. The number of hydrogen-bond acceptors (Lipinski definition) is 3. The Morgan fingerprint density at radius 3 is 2.36 bits per heavy atom. The van der Waals surface area contributed by atoms with Crippen LogP contribution in [0.3, 0.4) is 0 Å². The van der Waals surface area contributed by atoms with Crippen LogP contribution in [0.1, 0.15) is 12.5 Å². The molecule has 22 heavy (non-hydrogen) atoms. The van der Waals surface area contributed by atoms with Crippen LogP contribution in [-0.2, 0) is 4.79 Å². The number of hydrogen-bond donors (Lipinski definition) is 1. The largest absolute Gasteiger partial charge is 0.497 e. The first-order chi connectivity index (χ1) is 10.5. The number of halogens is 1. The van der Waals surface area contributed by atoms with Crippen LogP contribution >= 0.6 is 15.9 Å². The van der Waals surface area contributed by atoms with Crippen molar-refractivity contribution in [1.29, 1.82) is 0 Å². The number of ether oxygens (including phenoxy) is 2. The molecule has 1 atom stereocenters. The van der Waals surface area contributed by atoms with E-state index < -0.39 is 6.10 Å². The second-order valence-electron chi connectivity index (χ2n) is 4.89. The van der Waals surface area contributed by atoms with Gasteiger partial charge in [-0.05, 0) is 61.9 Å². The number of benzene rings is 2. The average Bonchev–Trinajstić information content (AvgIpc) is 2.51. The number of carbonyl (C=O) groups excluding carboxylic acids is 1. The Hall–Kier alpha value is -2.01. The van der Waals surface area contributed by atoms with Gasteiger partial charge in [-0.15, -0.1) is 0 Å². The number of amides is 1. The van der Waals surface area contributed by atoms with Crippen LogP contribution in [-0.4, -0.2) is 19.1 Å². The zero-order valence-corrected chi connectivity index (χ0v) is 14.3. The van der Waals surface area contributed by atoms with E-state index in [0.717, 1.165) is 21.5 Å². The van der Waals surface area contributed by atoms with Gasteiger partial charge in [0.15, 0.2) is 6.10 Å². The minimum atomic E-state index is -0.600. The Kier molecular flexibility index (Phi) is 5.44. The molecule has 2 aromatic carbocycles. The zero-order chi connectivity index (χ0) is 16.1. The minimum Gasteiger partial charge on any atom is -0.497 e. The van der Waals surface area contributed by atoms with Gasteiger partial charge in [-0.25, -0.2) is 0 Å². The number of nitrogens with one attached hydrogen (secondary N) is 1. The van der Waals surface area contributed by atoms with Crippen molar-refractivity contribution >= 4 is 27.5 Å². The van der Waals surface area contributed by atoms with Crippen molar-refractivity contribution in [2.24, 2.45) is 0 Å². The van der Waals surface area contributed by atoms with Crippen molar-refractivity contribution < 1.29 is 14.3 Å². The van der Waals surface area contributed by atoms with E-state index in [1.54, 1.807) is 38.3 Å². The molecule has 1 unspecified atom stereocenters. The molecule has 1 amide bonds. The molecule has 0 aliphatic rings. The molecule has 0 fully saturated rings. The summed E-state index contributed by atoms with van der Waals surface area (Å²) in [6, 6.07) is 12.8. The van der Waals surface area contributed by atoms with E-state index >= 15 is 0 Å². The van der Waals surface area contributed by atoms with Gasteiger partial charge in [0.1, 0.15) is 11.5 Å². The minimum absolute atomic E-state index is 0.197. The van der Waals surface area contributed by atoms with Crippen LogP contribution in [0, 0.1) is 6.92 Å². The van der Waals surface area contributed by atoms with E-state index in [1.165, 1.54) is 0 Å². The normalized spacial score (nSPS) is 11.6. The summed E-state index contributed by atoms with van der Waals surface area (Å²) in [7, 11) is 1.60. The third-order valence-electron chi connectivity index (χ3n) is 3.17. The fourth-order valence-corrected chi connectivity index (χ4v) is 2.12. The Balaban J connectivity index is 1.97. The Bertz CT molecular complexity index is 655. The third kappa shape index (κ3) is 4.24. The first kappa shape index (κ1) is 16.4. The van der Waals surface area contributed by atoms with Gasteiger partial charge in [-0.1, -0.05) is 15.9 Å². The van der Waals surface area contributed by atoms with Crippen molar-refractivity contribution in [2.45, 2.75) is 20.0 Å². The van der Waals surface area contributed by atoms with Gasteiger partial charge >= 0.3 is 0 Å². The molecule has 0 aromatic heterocycles. The molecule has 116 valence electrons. The van der Waals surface area contributed by atoms with Crippen molar-refractivity contribution in [1.82, 2.24) is 0 Å². The third-order valence-corrected chi connectivity index (χ3v) is 4.06. The lowest BCUT2D eigenvalue weighted by atomic mass is 10.2. The van der Waals surface area contributed by atoms with E-state index in [2.05, 4.69) is 21.2 Å². The maximum atomic E-state index is 12.2. The highest BCUT2D eigenvalue weighted by atomic mass is 79.9. The molecule has 0 saturated heterocycles. The molecule has 1 N–H and O–H groups in total. The molecular formula is C17H18BrNO3. The predicted molar refractivity (Wildman–Crippen MR) is 90.6 cm³/mol. The van der Waals surface area contributed by atoms with E-state index in [4.69, 9.17) is 9.47 Å². The molecule has 0 saturated carbocycles. The lowest BCUT2D eigenvalue weighted by Crippen LogP contribution is -2.30. The summed E-state index contributed by atoms with van der Waals surface area (Å²) in [4.78, 5) is 12.2. The molecule has 2 aromatic rings. The van der Waals surface area contributed by atoms with Gasteiger partial charge < -0.3 is 14.8 Å². The Labute approximate surface area is 138 Å². The van der Waals surface area contributed by atoms with Crippen molar-refractivity contribution in [3.63, 3.8) is 0 Å². The van der Waals surface area contributed by atoms with Gasteiger partial charge in [-0.2, -0.15) is 0 Å². The highest BCUT2D eigenvalue weighted by Gasteiger charge is 2.15. The lowest BCUT2D eigenvalue weighted by Gasteiger charge is -2.15. The van der Waals surface area contributed by atoms with Crippen molar-refractivity contribution in [3.05, 3.63) is 52.5 Å². The molecule has 0 spiro atoms. The molecule has 0 aliphatic carbocycles. The Morgan fingerprint density at radius 2 is 1.77 bits per heavy atom. The van der Waals surface area contributed by atoms with E-state index in [0.29, 0.717) is 5.75 Å². The number of carbonyl (C=O) groups is 1. The highest BCUT2D eigenvalue weighted by Crippen LogP contribution is 2.21. The fourth-order valence-electron chi connectivity index (χ4n) is 1.88. The van der Waals surface area contributed by atoms with E-state index in [9.17, 15) is 4.79 Å². The van der Waals surface area contributed by atoms with Gasteiger partial charge in [0.05, 0.1) is 7.11 Å². The van der Waals surface area contributed by atoms with Crippen molar-refractivity contribution in [3.8, 4) is 11.5 Å². The molecule has 0 aliphatic heterocycles. The van der Waals surface area contributed by atoms with Gasteiger partial charge in [-0.3, -0.25) is 4.79 Å². The zero-order valence-electron chi connectivity index (χ0n) is 12.7. The quantitative estimate of drug-likeness (QED) is 0.866. The standard InChI is InChI=1S/C17H18BrNO3/c1-11-10-13(4-9-16(11)18)19-17(20)12(2)22-15-7-5-14(21-3)6-8-15/h4-10,12H,1-3H3,(H,19,20). The monoisotopic (exact) mass is 363 g/mol. The van der Waals surface area contributed by atoms with Gasteiger partial charge in [0.25, 0.3) is 5.91 Å². The molecule has 4 nitrogen and oxygen atoms in total. The molecule has 2 rings (SSSR count). The second kappa shape index (κ2) is 7.31. The van der Waals surface area contributed by atoms with Gasteiger partial charge in [0.2, 0.25) is 0 Å². The predicted octanol–water partition coefficient (Wildman–Crippen LogP) is 4.17. The summed E-state index contributed by atoms with van der Waals surface area (Å²) < 4.78 is 11.7. The summed E-state index contributed by atoms with van der Waals surface area (Å²) in [6.45, 7) is 3.68. The van der Waals surface area contributed by atoms with Crippen LogP contribution in [0.4, 0.5) is 5.69 Å². The first-order valence-corrected chi connectivity index (χ1v) is 7.66. The smallest absolute Gasteiger partial charge is 0.265 e. The number of aryl methyl sites for hydroxylation is 1.